The topological polar surface area (TPSA) is 59.8 Å². The zero-order valence-electron chi connectivity index (χ0n) is 18.0. The van der Waals surface area contributed by atoms with Gasteiger partial charge in [0.2, 0.25) is 0 Å². The van der Waals surface area contributed by atoms with Crippen LogP contribution in [-0.4, -0.2) is 73.0 Å². The fourth-order valence-electron chi connectivity index (χ4n) is 4.26. The molecule has 0 atom stereocenters. The van der Waals surface area contributed by atoms with E-state index < -0.39 is 0 Å². The van der Waals surface area contributed by atoms with E-state index in [2.05, 4.69) is 15.9 Å². The molecule has 31 heavy (non-hydrogen) atoms. The summed E-state index contributed by atoms with van der Waals surface area (Å²) < 4.78 is 5.81. The van der Waals surface area contributed by atoms with Gasteiger partial charge in [0.25, 0.3) is 5.91 Å². The number of ether oxygens (including phenoxy) is 1. The van der Waals surface area contributed by atoms with Gasteiger partial charge < -0.3 is 14.5 Å². The first kappa shape index (κ1) is 21.4. The highest BCUT2D eigenvalue weighted by atomic mass is 16.5. The Hall–Kier alpha value is -2.88. The summed E-state index contributed by atoms with van der Waals surface area (Å²) in [5.74, 6) is 0.775. The molecule has 0 saturated carbocycles. The monoisotopic (exact) mass is 418 g/mol. The van der Waals surface area contributed by atoms with Crippen LogP contribution in [0.1, 0.15) is 34.3 Å². The highest BCUT2D eigenvalue weighted by Crippen LogP contribution is 2.18. The van der Waals surface area contributed by atoms with E-state index in [1.54, 1.807) is 6.07 Å². The van der Waals surface area contributed by atoms with Crippen LogP contribution in [-0.2, 0) is 6.61 Å². The quantitative estimate of drug-likeness (QED) is 0.692. The first-order valence-corrected chi connectivity index (χ1v) is 11.2. The van der Waals surface area contributed by atoms with Crippen LogP contribution in [0.15, 0.2) is 48.5 Å². The van der Waals surface area contributed by atoms with E-state index in [1.807, 2.05) is 47.4 Å². The number of piperazine rings is 1. The Labute approximate surface area is 184 Å². The first-order valence-electron chi connectivity index (χ1n) is 11.2. The molecule has 0 spiro atoms. The van der Waals surface area contributed by atoms with E-state index in [0.29, 0.717) is 23.5 Å². The fourth-order valence-corrected chi connectivity index (χ4v) is 4.26. The molecule has 2 aromatic rings. The summed E-state index contributed by atoms with van der Waals surface area (Å²) in [6, 6.07) is 16.9. The third kappa shape index (κ3) is 5.63. The molecule has 0 unspecified atom stereocenters. The second-order valence-electron chi connectivity index (χ2n) is 8.26. The molecule has 1 amide bonds. The van der Waals surface area contributed by atoms with Gasteiger partial charge in [-0.3, -0.25) is 9.69 Å². The van der Waals surface area contributed by atoms with Crippen LogP contribution >= 0.6 is 0 Å². The molecule has 4 rings (SSSR count). The van der Waals surface area contributed by atoms with Crippen molar-refractivity contribution in [2.75, 3.05) is 52.4 Å². The largest absolute Gasteiger partial charge is 0.489 e. The zero-order valence-corrected chi connectivity index (χ0v) is 18.0. The minimum atomic E-state index is 0.0839. The average molecular weight is 419 g/mol. The molecular weight excluding hydrogens is 388 g/mol. The third-order valence-electron chi connectivity index (χ3n) is 6.22. The highest BCUT2D eigenvalue weighted by molar-refractivity contribution is 5.94. The SMILES string of the molecule is N#Cc1ccccc1COc1ccc(C(=O)N2CCN(CCN3CCCC3)CC2)cc1. The van der Waals surface area contributed by atoms with Crippen molar-refractivity contribution in [2.45, 2.75) is 19.4 Å². The minimum Gasteiger partial charge on any atom is -0.489 e. The number of rotatable bonds is 7. The molecule has 2 saturated heterocycles. The molecule has 0 radical (unpaired) electrons. The minimum absolute atomic E-state index is 0.0839. The van der Waals surface area contributed by atoms with Gasteiger partial charge in [-0.05, 0) is 56.3 Å². The summed E-state index contributed by atoms with van der Waals surface area (Å²) in [5.41, 5.74) is 2.16. The van der Waals surface area contributed by atoms with Crippen LogP contribution in [0, 0.1) is 11.3 Å². The number of likely N-dealkylation sites (tertiary alicyclic amines) is 1. The Kier molecular flexibility index (Phi) is 7.18. The molecule has 2 fully saturated rings. The van der Waals surface area contributed by atoms with E-state index in [9.17, 15) is 10.1 Å². The normalized spacial score (nSPS) is 17.5. The van der Waals surface area contributed by atoms with Crippen LogP contribution in [0.4, 0.5) is 0 Å². The summed E-state index contributed by atoms with van der Waals surface area (Å²) in [6.45, 7) is 8.50. The number of hydrogen-bond donors (Lipinski definition) is 0. The molecule has 0 aromatic heterocycles. The Balaban J connectivity index is 1.24. The molecule has 6 heteroatoms. The van der Waals surface area contributed by atoms with Crippen LogP contribution in [0.3, 0.4) is 0 Å². The van der Waals surface area contributed by atoms with Gasteiger partial charge in [-0.1, -0.05) is 18.2 Å². The van der Waals surface area contributed by atoms with Crippen molar-refractivity contribution in [1.82, 2.24) is 14.7 Å². The third-order valence-corrected chi connectivity index (χ3v) is 6.22. The van der Waals surface area contributed by atoms with Gasteiger partial charge >= 0.3 is 0 Å². The van der Waals surface area contributed by atoms with Crippen molar-refractivity contribution >= 4 is 5.91 Å². The van der Waals surface area contributed by atoms with Crippen LogP contribution < -0.4 is 4.74 Å². The molecule has 0 bridgehead atoms. The lowest BCUT2D eigenvalue weighted by molar-refractivity contribution is 0.0626. The molecular formula is C25H30N4O2. The number of benzene rings is 2. The number of carbonyl (C=O) groups is 1. The van der Waals surface area contributed by atoms with E-state index in [4.69, 9.17) is 4.74 Å². The zero-order chi connectivity index (χ0) is 21.5. The van der Waals surface area contributed by atoms with Crippen molar-refractivity contribution < 1.29 is 9.53 Å². The Morgan fingerprint density at radius 3 is 2.19 bits per heavy atom. The lowest BCUT2D eigenvalue weighted by Gasteiger charge is -2.35. The van der Waals surface area contributed by atoms with Gasteiger partial charge in [0.15, 0.2) is 0 Å². The maximum absolute atomic E-state index is 12.9. The molecule has 0 N–H and O–H groups in total. The Morgan fingerprint density at radius 2 is 1.52 bits per heavy atom. The summed E-state index contributed by atoms with van der Waals surface area (Å²) >= 11 is 0. The van der Waals surface area contributed by atoms with Gasteiger partial charge in [0.1, 0.15) is 12.4 Å². The fraction of sp³-hybridized carbons (Fsp3) is 0.440. The lowest BCUT2D eigenvalue weighted by atomic mass is 10.1. The molecule has 2 aliphatic rings. The van der Waals surface area contributed by atoms with Crippen molar-refractivity contribution in [3.8, 4) is 11.8 Å². The molecule has 2 aliphatic heterocycles. The second-order valence-corrected chi connectivity index (χ2v) is 8.26. The van der Waals surface area contributed by atoms with Crippen molar-refractivity contribution in [3.05, 3.63) is 65.2 Å². The molecule has 0 aliphatic carbocycles. The highest BCUT2D eigenvalue weighted by Gasteiger charge is 2.22. The summed E-state index contributed by atoms with van der Waals surface area (Å²) in [4.78, 5) is 19.8. The predicted octanol–water partition coefficient (Wildman–Crippen LogP) is 2.99. The van der Waals surface area contributed by atoms with Crippen LogP contribution in [0.25, 0.3) is 0 Å². The first-order chi connectivity index (χ1) is 15.2. The molecule has 2 heterocycles. The number of amides is 1. The second kappa shape index (κ2) is 10.4. The van der Waals surface area contributed by atoms with Crippen molar-refractivity contribution in [2.24, 2.45) is 0 Å². The van der Waals surface area contributed by atoms with E-state index in [0.717, 1.165) is 44.8 Å². The maximum atomic E-state index is 12.9. The van der Waals surface area contributed by atoms with Crippen molar-refractivity contribution in [1.29, 1.82) is 5.26 Å². The van der Waals surface area contributed by atoms with Gasteiger partial charge in [0, 0.05) is 50.4 Å². The molecule has 162 valence electrons. The Bertz CT molecular complexity index is 908. The van der Waals surface area contributed by atoms with E-state index >= 15 is 0 Å². The van der Waals surface area contributed by atoms with Gasteiger partial charge in [-0.25, -0.2) is 0 Å². The summed E-state index contributed by atoms with van der Waals surface area (Å²) in [7, 11) is 0. The number of nitrogens with zero attached hydrogens (tertiary/aromatic N) is 4. The van der Waals surface area contributed by atoms with Gasteiger partial charge in [-0.15, -0.1) is 0 Å². The Morgan fingerprint density at radius 1 is 0.871 bits per heavy atom. The maximum Gasteiger partial charge on any atom is 0.253 e. The number of hydrogen-bond acceptors (Lipinski definition) is 5. The van der Waals surface area contributed by atoms with Crippen LogP contribution in [0.2, 0.25) is 0 Å². The number of carbonyl (C=O) groups excluding carboxylic acids is 1. The predicted molar refractivity (Wildman–Crippen MR) is 120 cm³/mol. The summed E-state index contributed by atoms with van der Waals surface area (Å²) in [5, 5.41) is 9.18. The summed E-state index contributed by atoms with van der Waals surface area (Å²) in [6.07, 6.45) is 2.67. The van der Waals surface area contributed by atoms with Crippen molar-refractivity contribution in [3.63, 3.8) is 0 Å². The van der Waals surface area contributed by atoms with E-state index in [1.165, 1.54) is 25.9 Å². The van der Waals surface area contributed by atoms with Gasteiger partial charge in [0.05, 0.1) is 11.6 Å². The standard InChI is InChI=1S/C25H30N4O2/c26-19-22-5-1-2-6-23(22)20-31-24-9-7-21(8-10-24)25(30)29-17-15-28(16-18-29)14-13-27-11-3-4-12-27/h1-2,5-10H,3-4,11-18,20H2. The molecule has 2 aromatic carbocycles. The average Bonchev–Trinajstić information content (AvgIpc) is 3.35. The van der Waals surface area contributed by atoms with E-state index in [-0.39, 0.29) is 5.91 Å². The van der Waals surface area contributed by atoms with Crippen LogP contribution in [0.5, 0.6) is 5.75 Å². The molecule has 6 nitrogen and oxygen atoms in total. The lowest BCUT2D eigenvalue weighted by Crippen LogP contribution is -2.50. The van der Waals surface area contributed by atoms with Gasteiger partial charge in [-0.2, -0.15) is 5.26 Å². The number of nitriles is 1. The smallest absolute Gasteiger partial charge is 0.253 e.